The monoisotopic (exact) mass is 735 g/mol. The van der Waals surface area contributed by atoms with Crippen molar-refractivity contribution >= 4 is 53.6 Å². The molecule has 0 aliphatic rings. The minimum absolute atomic E-state index is 0.579. The van der Waals surface area contributed by atoms with Gasteiger partial charge < -0.3 is 4.42 Å². The van der Waals surface area contributed by atoms with Crippen LogP contribution in [0.3, 0.4) is 0 Å². The van der Waals surface area contributed by atoms with E-state index in [1.807, 2.05) is 78.9 Å². The van der Waals surface area contributed by atoms with Gasteiger partial charge in [-0.2, -0.15) is 0 Å². The lowest BCUT2D eigenvalue weighted by molar-refractivity contribution is 0.669. The second-order valence-corrected chi connectivity index (χ2v) is 14.7. The Morgan fingerprint density at radius 1 is 0.375 bits per heavy atom. The number of aromatic nitrogens is 5. The lowest BCUT2D eigenvalue weighted by Gasteiger charge is -2.09. The van der Waals surface area contributed by atoms with Gasteiger partial charge in [-0.3, -0.25) is 0 Å². The number of fused-ring (bicyclic) bond motifs is 6. The molecule has 0 saturated heterocycles. The first-order chi connectivity index (χ1) is 27.7. The van der Waals surface area contributed by atoms with E-state index < -0.39 is 0 Å². The van der Waals surface area contributed by atoms with Crippen molar-refractivity contribution < 1.29 is 4.42 Å². The number of furan rings is 1. The van der Waals surface area contributed by atoms with Gasteiger partial charge in [-0.1, -0.05) is 146 Å². The smallest absolute Gasteiger partial charge is 0.164 e. The summed E-state index contributed by atoms with van der Waals surface area (Å²) in [7, 11) is 0. The van der Waals surface area contributed by atoms with E-state index in [1.165, 1.54) is 4.70 Å². The molecule has 7 aromatic carbocycles. The van der Waals surface area contributed by atoms with E-state index in [2.05, 4.69) is 97.1 Å². The normalized spacial score (nSPS) is 11.6. The van der Waals surface area contributed by atoms with Crippen LogP contribution >= 0.6 is 11.3 Å². The summed E-state index contributed by atoms with van der Waals surface area (Å²) in [6, 6.07) is 59.9. The third-order valence-electron chi connectivity index (χ3n) is 10.2. The fourth-order valence-electron chi connectivity index (χ4n) is 7.47. The first kappa shape index (κ1) is 32.1. The highest BCUT2D eigenvalue weighted by atomic mass is 32.1. The van der Waals surface area contributed by atoms with Crippen molar-refractivity contribution in [3.8, 4) is 67.9 Å². The van der Waals surface area contributed by atoms with Crippen LogP contribution in [0, 0.1) is 0 Å². The van der Waals surface area contributed by atoms with E-state index in [-0.39, 0.29) is 0 Å². The molecule has 0 spiro atoms. The van der Waals surface area contributed by atoms with Gasteiger partial charge in [0.15, 0.2) is 23.3 Å². The molecule has 0 aliphatic carbocycles. The van der Waals surface area contributed by atoms with Crippen molar-refractivity contribution in [1.82, 2.24) is 24.9 Å². The van der Waals surface area contributed by atoms with Crippen molar-refractivity contribution in [2.24, 2.45) is 0 Å². The highest BCUT2D eigenvalue weighted by Gasteiger charge is 2.21. The van der Waals surface area contributed by atoms with Gasteiger partial charge in [0, 0.05) is 48.7 Å². The maximum absolute atomic E-state index is 6.60. The number of rotatable bonds is 6. The summed E-state index contributed by atoms with van der Waals surface area (Å²) in [5.41, 5.74) is 10.3. The maximum atomic E-state index is 6.60. The second-order valence-electron chi connectivity index (χ2n) is 13.6. The van der Waals surface area contributed by atoms with Crippen LogP contribution < -0.4 is 0 Å². The molecule has 0 radical (unpaired) electrons. The van der Waals surface area contributed by atoms with Crippen LogP contribution in [0.15, 0.2) is 180 Å². The summed E-state index contributed by atoms with van der Waals surface area (Å²) < 4.78 is 8.85. The lowest BCUT2D eigenvalue weighted by Crippen LogP contribution is -2.00. The van der Waals surface area contributed by atoms with Crippen molar-refractivity contribution in [2.45, 2.75) is 0 Å². The topological polar surface area (TPSA) is 77.6 Å². The van der Waals surface area contributed by atoms with Crippen LogP contribution in [0.25, 0.3) is 110 Å². The number of hydrogen-bond acceptors (Lipinski definition) is 7. The molecule has 0 unspecified atom stereocenters. The molecule has 0 atom stereocenters. The standard InChI is InChI=1S/C49H29N5OS/c1-4-14-30(15-5-1)33-20-12-21-34(28-33)43-45-44(37-22-10-11-25-41(37)56-45)51-48(50-43)35-26-27-36-40(29-35)55-39-24-13-23-38(42(36)39)49-53-46(31-16-6-2-7-17-31)52-47(54-49)32-18-8-3-9-19-32/h1-29H. The van der Waals surface area contributed by atoms with Gasteiger partial charge in [-0.25, -0.2) is 24.9 Å². The average molecular weight is 736 g/mol. The van der Waals surface area contributed by atoms with E-state index in [4.69, 9.17) is 29.3 Å². The third kappa shape index (κ3) is 5.52. The van der Waals surface area contributed by atoms with Crippen LogP contribution in [-0.4, -0.2) is 24.9 Å². The number of thiophene rings is 1. The second kappa shape index (κ2) is 13.2. The summed E-state index contributed by atoms with van der Waals surface area (Å²) in [4.78, 5) is 25.5. The van der Waals surface area contributed by atoms with E-state index in [9.17, 15) is 0 Å². The summed E-state index contributed by atoms with van der Waals surface area (Å²) in [5, 5.41) is 3.02. The molecule has 0 saturated carbocycles. The summed E-state index contributed by atoms with van der Waals surface area (Å²) in [6.45, 7) is 0. The predicted molar refractivity (Wildman–Crippen MR) is 228 cm³/mol. The van der Waals surface area contributed by atoms with Crippen LogP contribution in [0.4, 0.5) is 0 Å². The molecular formula is C49H29N5OS. The van der Waals surface area contributed by atoms with Gasteiger partial charge in [-0.15, -0.1) is 11.3 Å². The zero-order valence-electron chi connectivity index (χ0n) is 29.8. The molecule has 11 aromatic rings. The quantitative estimate of drug-likeness (QED) is 0.169. The molecule has 0 amide bonds. The highest BCUT2D eigenvalue weighted by molar-refractivity contribution is 7.26. The molecule has 6 nitrogen and oxygen atoms in total. The molecule has 4 heterocycles. The Hall–Kier alpha value is -7.35. The van der Waals surface area contributed by atoms with Crippen molar-refractivity contribution in [2.75, 3.05) is 0 Å². The SMILES string of the molecule is c1ccc(-c2cccc(-c3nc(-c4ccc5c(c4)oc4cccc(-c6nc(-c7ccccc7)nc(-c7ccccc7)n6)c45)nc4c3sc3ccccc34)c2)cc1. The van der Waals surface area contributed by atoms with Gasteiger partial charge in [0.25, 0.3) is 0 Å². The van der Waals surface area contributed by atoms with Gasteiger partial charge >= 0.3 is 0 Å². The number of hydrogen-bond donors (Lipinski definition) is 0. The first-order valence-electron chi connectivity index (χ1n) is 18.4. The zero-order chi connectivity index (χ0) is 37.0. The van der Waals surface area contributed by atoms with Crippen LogP contribution in [0.5, 0.6) is 0 Å². The Balaban J connectivity index is 1.08. The third-order valence-corrected chi connectivity index (χ3v) is 11.3. The van der Waals surface area contributed by atoms with Crippen LogP contribution in [-0.2, 0) is 0 Å². The Morgan fingerprint density at radius 2 is 0.982 bits per heavy atom. The molecule has 0 fully saturated rings. The predicted octanol–water partition coefficient (Wildman–Crippen LogP) is 12.9. The Bertz CT molecular complexity index is 3190. The Labute approximate surface area is 325 Å². The van der Waals surface area contributed by atoms with E-state index in [0.717, 1.165) is 82.2 Å². The van der Waals surface area contributed by atoms with E-state index >= 15 is 0 Å². The molecule has 0 aliphatic heterocycles. The fraction of sp³-hybridized carbons (Fsp3) is 0. The molecule has 262 valence electrons. The zero-order valence-corrected chi connectivity index (χ0v) is 30.6. The van der Waals surface area contributed by atoms with Gasteiger partial charge in [0.2, 0.25) is 0 Å². The van der Waals surface area contributed by atoms with Crippen molar-refractivity contribution in [3.05, 3.63) is 176 Å². The lowest BCUT2D eigenvalue weighted by atomic mass is 10.0. The first-order valence-corrected chi connectivity index (χ1v) is 19.2. The van der Waals surface area contributed by atoms with Gasteiger partial charge in [0.05, 0.1) is 15.9 Å². The molecule has 0 bridgehead atoms. The van der Waals surface area contributed by atoms with Crippen molar-refractivity contribution in [3.63, 3.8) is 0 Å². The van der Waals surface area contributed by atoms with Crippen molar-refractivity contribution in [1.29, 1.82) is 0 Å². The molecule has 11 rings (SSSR count). The largest absolute Gasteiger partial charge is 0.456 e. The fourth-order valence-corrected chi connectivity index (χ4v) is 8.63. The number of nitrogens with zero attached hydrogens (tertiary/aromatic N) is 5. The average Bonchev–Trinajstić information content (AvgIpc) is 3.85. The van der Waals surface area contributed by atoms with Gasteiger partial charge in [0.1, 0.15) is 11.2 Å². The van der Waals surface area contributed by atoms with Gasteiger partial charge in [-0.05, 0) is 41.5 Å². The molecular weight excluding hydrogens is 707 g/mol. The van der Waals surface area contributed by atoms with E-state index in [1.54, 1.807) is 11.3 Å². The van der Waals surface area contributed by atoms with Crippen LogP contribution in [0.1, 0.15) is 0 Å². The maximum Gasteiger partial charge on any atom is 0.164 e. The minimum Gasteiger partial charge on any atom is -0.456 e. The summed E-state index contributed by atoms with van der Waals surface area (Å²) >= 11 is 1.73. The number of benzene rings is 7. The molecule has 0 N–H and O–H groups in total. The minimum atomic E-state index is 0.579. The van der Waals surface area contributed by atoms with E-state index in [0.29, 0.717) is 23.3 Å². The Kier molecular flexibility index (Phi) is 7.57. The Morgan fingerprint density at radius 3 is 1.73 bits per heavy atom. The molecule has 4 aromatic heterocycles. The molecule has 56 heavy (non-hydrogen) atoms. The molecule has 7 heteroatoms. The summed E-state index contributed by atoms with van der Waals surface area (Å²) in [5.74, 6) is 2.44. The summed E-state index contributed by atoms with van der Waals surface area (Å²) in [6.07, 6.45) is 0. The highest BCUT2D eigenvalue weighted by Crippen LogP contribution is 2.42. The van der Waals surface area contributed by atoms with Crippen LogP contribution in [0.2, 0.25) is 0 Å².